The van der Waals surface area contributed by atoms with Gasteiger partial charge >= 0.3 is 0 Å². The molecule has 0 aliphatic carbocycles. The van der Waals surface area contributed by atoms with Crippen molar-refractivity contribution in [3.05, 3.63) is 0 Å². The van der Waals surface area contributed by atoms with Gasteiger partial charge in [-0.25, -0.2) is 0 Å². The molecule has 0 bridgehead atoms. The predicted octanol–water partition coefficient (Wildman–Crippen LogP) is 3.43. The van der Waals surface area contributed by atoms with Crippen LogP contribution in [-0.2, 0) is 14.4 Å². The SMILES string of the molecule is CC(C)(C)CC(C)(C)SC1CC(=O)N(C(C)(C)CC=O)C1=O. The molecule has 2 amide bonds. The molecule has 1 unspecified atom stereocenters. The van der Waals surface area contributed by atoms with E-state index >= 15 is 0 Å². The summed E-state index contributed by atoms with van der Waals surface area (Å²) in [7, 11) is 0. The van der Waals surface area contributed by atoms with Gasteiger partial charge in [0.1, 0.15) is 6.29 Å². The molecule has 0 saturated carbocycles. The summed E-state index contributed by atoms with van der Waals surface area (Å²) in [6.45, 7) is 14.3. The van der Waals surface area contributed by atoms with E-state index in [2.05, 4.69) is 34.6 Å². The number of aldehydes is 1. The van der Waals surface area contributed by atoms with Gasteiger partial charge in [-0.05, 0) is 25.7 Å². The van der Waals surface area contributed by atoms with Crippen LogP contribution in [0.5, 0.6) is 0 Å². The van der Waals surface area contributed by atoms with Crippen LogP contribution in [0.1, 0.15) is 67.7 Å². The van der Waals surface area contributed by atoms with Crippen molar-refractivity contribution in [2.45, 2.75) is 83.3 Å². The number of hydrogen-bond acceptors (Lipinski definition) is 4. The smallest absolute Gasteiger partial charge is 0.243 e. The molecule has 1 saturated heterocycles. The molecule has 0 aromatic carbocycles. The minimum Gasteiger partial charge on any atom is -0.303 e. The maximum Gasteiger partial charge on any atom is 0.243 e. The maximum absolute atomic E-state index is 12.6. The minimum atomic E-state index is -0.737. The van der Waals surface area contributed by atoms with E-state index in [1.54, 1.807) is 25.6 Å². The van der Waals surface area contributed by atoms with E-state index in [0.29, 0.717) is 0 Å². The van der Waals surface area contributed by atoms with E-state index in [1.165, 1.54) is 4.90 Å². The highest BCUT2D eigenvalue weighted by atomic mass is 32.2. The summed E-state index contributed by atoms with van der Waals surface area (Å²) in [6, 6.07) is 0. The molecule has 1 aliphatic heterocycles. The van der Waals surface area contributed by atoms with Crippen molar-refractivity contribution < 1.29 is 14.4 Å². The molecule has 1 fully saturated rings. The van der Waals surface area contributed by atoms with Crippen molar-refractivity contribution in [1.29, 1.82) is 0 Å². The quantitative estimate of drug-likeness (QED) is 0.554. The van der Waals surface area contributed by atoms with Gasteiger partial charge in [-0.15, -0.1) is 11.8 Å². The topological polar surface area (TPSA) is 54.5 Å². The highest BCUT2D eigenvalue weighted by Gasteiger charge is 2.47. The van der Waals surface area contributed by atoms with Gasteiger partial charge < -0.3 is 4.79 Å². The van der Waals surface area contributed by atoms with E-state index in [4.69, 9.17) is 0 Å². The minimum absolute atomic E-state index is 0.0797. The molecular weight excluding hydrogens is 298 g/mol. The van der Waals surface area contributed by atoms with Gasteiger partial charge in [0.05, 0.1) is 10.8 Å². The van der Waals surface area contributed by atoms with Crippen molar-refractivity contribution in [2.75, 3.05) is 0 Å². The summed E-state index contributed by atoms with van der Waals surface area (Å²) in [5, 5.41) is -0.337. The molecule has 1 aliphatic rings. The second kappa shape index (κ2) is 6.34. The number of nitrogens with zero attached hydrogens (tertiary/aromatic N) is 1. The van der Waals surface area contributed by atoms with Crippen LogP contribution < -0.4 is 0 Å². The van der Waals surface area contributed by atoms with Crippen LogP contribution in [-0.4, -0.2) is 38.5 Å². The number of thioether (sulfide) groups is 1. The molecule has 4 nitrogen and oxygen atoms in total. The molecule has 126 valence electrons. The molecule has 5 heteroatoms. The second-order valence-corrected chi connectivity index (χ2v) is 10.5. The summed E-state index contributed by atoms with van der Waals surface area (Å²) in [6.07, 6.45) is 2.14. The van der Waals surface area contributed by atoms with Gasteiger partial charge in [0.2, 0.25) is 11.8 Å². The van der Waals surface area contributed by atoms with Crippen LogP contribution in [0.15, 0.2) is 0 Å². The normalized spacial score (nSPS) is 20.7. The Morgan fingerprint density at radius 3 is 2.14 bits per heavy atom. The number of amides is 2. The first kappa shape index (κ1) is 19.2. The third-order valence-corrected chi connectivity index (χ3v) is 5.15. The number of likely N-dealkylation sites (tertiary alicyclic amines) is 1. The van der Waals surface area contributed by atoms with E-state index in [-0.39, 0.29) is 40.1 Å². The average Bonchev–Trinajstić information content (AvgIpc) is 2.49. The fourth-order valence-electron chi connectivity index (χ4n) is 3.33. The Morgan fingerprint density at radius 2 is 1.68 bits per heavy atom. The Balaban J connectivity index is 2.87. The van der Waals surface area contributed by atoms with Gasteiger partial charge in [-0.2, -0.15) is 0 Å². The zero-order valence-corrected chi connectivity index (χ0v) is 15.7. The molecule has 0 radical (unpaired) electrons. The van der Waals surface area contributed by atoms with Gasteiger partial charge in [0.15, 0.2) is 0 Å². The lowest BCUT2D eigenvalue weighted by molar-refractivity contribution is -0.144. The molecule has 1 atom stereocenters. The van der Waals surface area contributed by atoms with Crippen molar-refractivity contribution in [1.82, 2.24) is 4.90 Å². The molecule has 1 rings (SSSR count). The van der Waals surface area contributed by atoms with Crippen LogP contribution in [0, 0.1) is 5.41 Å². The lowest BCUT2D eigenvalue weighted by Gasteiger charge is -2.35. The van der Waals surface area contributed by atoms with Crippen LogP contribution in [0.3, 0.4) is 0 Å². The molecule has 0 aromatic rings. The summed E-state index contributed by atoms with van der Waals surface area (Å²) < 4.78 is -0.0797. The Hall–Kier alpha value is -0.840. The zero-order valence-electron chi connectivity index (χ0n) is 14.9. The van der Waals surface area contributed by atoms with E-state index < -0.39 is 5.54 Å². The number of imide groups is 1. The molecule has 22 heavy (non-hydrogen) atoms. The summed E-state index contributed by atoms with van der Waals surface area (Å²) in [5.74, 6) is -0.315. The number of carbonyl (C=O) groups is 3. The second-order valence-electron chi connectivity index (χ2n) is 8.56. The van der Waals surface area contributed by atoms with Crippen molar-refractivity contribution in [3.8, 4) is 0 Å². The van der Waals surface area contributed by atoms with Gasteiger partial charge in [0.25, 0.3) is 0 Å². The molecule has 0 N–H and O–H groups in total. The van der Waals surface area contributed by atoms with Gasteiger partial charge in [-0.1, -0.05) is 34.6 Å². The Morgan fingerprint density at radius 1 is 1.14 bits per heavy atom. The van der Waals surface area contributed by atoms with Gasteiger partial charge in [0, 0.05) is 17.6 Å². The third kappa shape index (κ3) is 4.83. The zero-order chi connectivity index (χ0) is 17.3. The highest BCUT2D eigenvalue weighted by molar-refractivity contribution is 8.02. The van der Waals surface area contributed by atoms with Gasteiger partial charge in [-0.3, -0.25) is 14.5 Å². The fourth-order valence-corrected chi connectivity index (χ4v) is 5.05. The van der Waals surface area contributed by atoms with E-state index in [9.17, 15) is 14.4 Å². The van der Waals surface area contributed by atoms with Crippen LogP contribution in [0.4, 0.5) is 0 Å². The fraction of sp³-hybridized carbons (Fsp3) is 0.824. The first-order valence-electron chi connectivity index (χ1n) is 7.77. The van der Waals surface area contributed by atoms with Crippen LogP contribution in [0.2, 0.25) is 0 Å². The summed E-state index contributed by atoms with van der Waals surface area (Å²) in [4.78, 5) is 37.0. The maximum atomic E-state index is 12.6. The lowest BCUT2D eigenvalue weighted by atomic mass is 9.86. The van der Waals surface area contributed by atoms with Crippen molar-refractivity contribution in [3.63, 3.8) is 0 Å². The highest BCUT2D eigenvalue weighted by Crippen LogP contribution is 2.43. The number of hydrogen-bond donors (Lipinski definition) is 0. The Labute approximate surface area is 138 Å². The molecular formula is C17H29NO3S. The summed E-state index contributed by atoms with van der Waals surface area (Å²) >= 11 is 1.59. The average molecular weight is 327 g/mol. The van der Waals surface area contributed by atoms with E-state index in [0.717, 1.165) is 12.7 Å². The Bertz CT molecular complexity index is 463. The van der Waals surface area contributed by atoms with Crippen LogP contribution in [0.25, 0.3) is 0 Å². The summed E-state index contributed by atoms with van der Waals surface area (Å²) in [5.41, 5.74) is -0.571. The van der Waals surface area contributed by atoms with Crippen molar-refractivity contribution >= 4 is 29.9 Å². The number of carbonyl (C=O) groups excluding carboxylic acids is 3. The first-order chi connectivity index (χ1) is 9.79. The number of rotatable bonds is 6. The molecule has 1 heterocycles. The monoisotopic (exact) mass is 327 g/mol. The third-order valence-electron chi connectivity index (χ3n) is 3.71. The lowest BCUT2D eigenvalue weighted by Crippen LogP contribution is -2.48. The molecule has 0 aromatic heterocycles. The Kier molecular flexibility index (Phi) is 5.54. The standard InChI is InChI=1S/C17H29NO3S/c1-15(2,3)11-17(6,7)22-12-10-13(20)18(14(12)21)16(4,5)8-9-19/h9,12H,8,10-11H2,1-7H3. The first-order valence-corrected chi connectivity index (χ1v) is 8.65. The largest absolute Gasteiger partial charge is 0.303 e. The van der Waals surface area contributed by atoms with Crippen molar-refractivity contribution in [2.24, 2.45) is 5.41 Å². The molecule has 0 spiro atoms. The van der Waals surface area contributed by atoms with Crippen LogP contribution >= 0.6 is 11.8 Å². The van der Waals surface area contributed by atoms with E-state index in [1.807, 2.05) is 0 Å². The predicted molar refractivity (Wildman–Crippen MR) is 90.8 cm³/mol.